The third-order valence-corrected chi connectivity index (χ3v) is 3.90. The Kier molecular flexibility index (Phi) is 6.21. The molecular formula is C20H24O3. The van der Waals surface area contributed by atoms with E-state index >= 15 is 0 Å². The van der Waals surface area contributed by atoms with Gasteiger partial charge in [0.05, 0.1) is 0 Å². The summed E-state index contributed by atoms with van der Waals surface area (Å²) >= 11 is 0. The molecule has 1 N–H and O–H groups in total. The molecule has 0 saturated carbocycles. The van der Waals surface area contributed by atoms with Gasteiger partial charge in [-0.15, -0.1) is 0 Å². The summed E-state index contributed by atoms with van der Waals surface area (Å²) in [6.07, 6.45) is 2.90. The van der Waals surface area contributed by atoms with Crippen LogP contribution in [0.2, 0.25) is 0 Å². The molecule has 0 saturated heterocycles. The number of hydrogen-bond donors (Lipinski definition) is 1. The quantitative estimate of drug-likeness (QED) is 0.785. The van der Waals surface area contributed by atoms with Gasteiger partial charge in [-0.25, -0.2) is 4.79 Å². The van der Waals surface area contributed by atoms with E-state index in [1.807, 2.05) is 37.3 Å². The summed E-state index contributed by atoms with van der Waals surface area (Å²) in [5.41, 5.74) is 3.21. The average molecular weight is 312 g/mol. The fraction of sp³-hybridized carbons (Fsp3) is 0.350. The fourth-order valence-corrected chi connectivity index (χ4v) is 2.46. The van der Waals surface area contributed by atoms with Crippen LogP contribution in [0.25, 0.3) is 0 Å². The van der Waals surface area contributed by atoms with E-state index in [1.165, 1.54) is 18.4 Å². The second-order valence-corrected chi connectivity index (χ2v) is 5.83. The van der Waals surface area contributed by atoms with Crippen LogP contribution in [0.15, 0.2) is 48.5 Å². The molecule has 0 bridgehead atoms. The van der Waals surface area contributed by atoms with Gasteiger partial charge < -0.3 is 9.84 Å². The van der Waals surface area contributed by atoms with Gasteiger partial charge in [0, 0.05) is 6.42 Å². The minimum atomic E-state index is -0.941. The van der Waals surface area contributed by atoms with Crippen LogP contribution in [0.3, 0.4) is 0 Å². The Balaban J connectivity index is 2.05. The van der Waals surface area contributed by atoms with Crippen molar-refractivity contribution in [1.82, 2.24) is 0 Å². The number of carbonyl (C=O) groups is 1. The predicted molar refractivity (Wildman–Crippen MR) is 92.0 cm³/mol. The third-order valence-electron chi connectivity index (χ3n) is 3.90. The lowest BCUT2D eigenvalue weighted by Crippen LogP contribution is -2.29. The van der Waals surface area contributed by atoms with Gasteiger partial charge in [-0.2, -0.15) is 0 Å². The van der Waals surface area contributed by atoms with Crippen molar-refractivity contribution in [2.24, 2.45) is 0 Å². The normalized spacial score (nSPS) is 11.9. The van der Waals surface area contributed by atoms with E-state index in [0.29, 0.717) is 12.2 Å². The smallest absolute Gasteiger partial charge is 0.345 e. The summed E-state index contributed by atoms with van der Waals surface area (Å²) in [5.74, 6) is -0.317. The average Bonchev–Trinajstić information content (AvgIpc) is 2.55. The molecule has 3 nitrogen and oxygen atoms in total. The molecule has 2 aromatic carbocycles. The van der Waals surface area contributed by atoms with Crippen molar-refractivity contribution < 1.29 is 14.6 Å². The first-order valence-corrected chi connectivity index (χ1v) is 8.13. The van der Waals surface area contributed by atoms with Crippen LogP contribution in [0.5, 0.6) is 5.75 Å². The summed E-state index contributed by atoms with van der Waals surface area (Å²) in [4.78, 5) is 11.5. The minimum absolute atomic E-state index is 0.359. The number of para-hydroxylation sites is 1. The van der Waals surface area contributed by atoms with Crippen LogP contribution in [0.4, 0.5) is 0 Å². The zero-order chi connectivity index (χ0) is 16.7. The fourth-order valence-electron chi connectivity index (χ4n) is 2.46. The molecule has 0 aromatic heterocycles. The lowest BCUT2D eigenvalue weighted by atomic mass is 10.0. The Labute approximate surface area is 137 Å². The topological polar surface area (TPSA) is 46.5 Å². The lowest BCUT2D eigenvalue weighted by Gasteiger charge is -2.17. The van der Waals surface area contributed by atoms with Gasteiger partial charge in [0.1, 0.15) is 5.75 Å². The van der Waals surface area contributed by atoms with Gasteiger partial charge in [-0.1, -0.05) is 55.8 Å². The molecule has 0 spiro atoms. The van der Waals surface area contributed by atoms with E-state index in [4.69, 9.17) is 4.74 Å². The summed E-state index contributed by atoms with van der Waals surface area (Å²) in [7, 11) is 0. The van der Waals surface area contributed by atoms with Gasteiger partial charge in [0.2, 0.25) is 0 Å². The second kappa shape index (κ2) is 8.37. The molecule has 0 aliphatic heterocycles. The first kappa shape index (κ1) is 17.1. The Morgan fingerprint density at radius 3 is 2.35 bits per heavy atom. The monoisotopic (exact) mass is 312 g/mol. The summed E-state index contributed by atoms with van der Waals surface area (Å²) in [5, 5.41) is 9.43. The van der Waals surface area contributed by atoms with E-state index in [-0.39, 0.29) is 0 Å². The largest absolute Gasteiger partial charge is 0.478 e. The van der Waals surface area contributed by atoms with Crippen molar-refractivity contribution in [3.05, 3.63) is 65.2 Å². The highest BCUT2D eigenvalue weighted by molar-refractivity contribution is 5.73. The highest BCUT2D eigenvalue weighted by Gasteiger charge is 2.20. The summed E-state index contributed by atoms with van der Waals surface area (Å²) in [6, 6.07) is 15.6. The number of carboxylic acid groups (broad SMARTS) is 1. The SMILES string of the molecule is CCCCc1ccc(C[C@H](Oc2ccccc2C)C(=O)O)cc1. The number of hydrogen-bond acceptors (Lipinski definition) is 2. The van der Waals surface area contributed by atoms with Crippen LogP contribution < -0.4 is 4.74 Å². The molecule has 0 unspecified atom stereocenters. The van der Waals surface area contributed by atoms with E-state index in [2.05, 4.69) is 19.1 Å². The van der Waals surface area contributed by atoms with Crippen LogP contribution in [0, 0.1) is 6.92 Å². The zero-order valence-corrected chi connectivity index (χ0v) is 13.8. The minimum Gasteiger partial charge on any atom is -0.478 e. The maximum absolute atomic E-state index is 11.5. The number of aryl methyl sites for hydroxylation is 2. The van der Waals surface area contributed by atoms with Crippen LogP contribution >= 0.6 is 0 Å². The molecule has 23 heavy (non-hydrogen) atoms. The van der Waals surface area contributed by atoms with Crippen molar-refractivity contribution in [3.63, 3.8) is 0 Å². The Hall–Kier alpha value is -2.29. The van der Waals surface area contributed by atoms with Crippen molar-refractivity contribution >= 4 is 5.97 Å². The van der Waals surface area contributed by atoms with Crippen LogP contribution in [-0.4, -0.2) is 17.2 Å². The first-order valence-electron chi connectivity index (χ1n) is 8.13. The van der Waals surface area contributed by atoms with Gasteiger partial charge in [0.25, 0.3) is 0 Å². The number of unbranched alkanes of at least 4 members (excludes halogenated alkanes) is 1. The highest BCUT2D eigenvalue weighted by atomic mass is 16.5. The number of benzene rings is 2. The van der Waals surface area contributed by atoms with Crippen molar-refractivity contribution in [3.8, 4) is 5.75 Å². The van der Waals surface area contributed by atoms with Gasteiger partial charge in [-0.3, -0.25) is 0 Å². The third kappa shape index (κ3) is 5.13. The van der Waals surface area contributed by atoms with Crippen molar-refractivity contribution in [1.29, 1.82) is 0 Å². The number of aliphatic carboxylic acids is 1. The summed E-state index contributed by atoms with van der Waals surface area (Å²) < 4.78 is 5.71. The van der Waals surface area contributed by atoms with Gasteiger partial charge in [0.15, 0.2) is 6.10 Å². The van der Waals surface area contributed by atoms with E-state index in [9.17, 15) is 9.90 Å². The molecular weight excluding hydrogens is 288 g/mol. The molecule has 0 amide bonds. The van der Waals surface area contributed by atoms with Crippen LogP contribution in [-0.2, 0) is 17.6 Å². The molecule has 2 rings (SSSR count). The Bertz CT molecular complexity index is 632. The second-order valence-electron chi connectivity index (χ2n) is 5.83. The molecule has 0 fully saturated rings. The van der Waals surface area contributed by atoms with Crippen molar-refractivity contribution in [2.75, 3.05) is 0 Å². The molecule has 122 valence electrons. The zero-order valence-electron chi connectivity index (χ0n) is 13.8. The molecule has 2 aromatic rings. The Morgan fingerprint density at radius 1 is 1.09 bits per heavy atom. The summed E-state index contributed by atoms with van der Waals surface area (Å²) in [6.45, 7) is 4.09. The number of rotatable bonds is 8. The van der Waals surface area contributed by atoms with Gasteiger partial charge in [-0.05, 0) is 42.5 Å². The van der Waals surface area contributed by atoms with Gasteiger partial charge >= 0.3 is 5.97 Å². The van der Waals surface area contributed by atoms with Crippen molar-refractivity contribution in [2.45, 2.75) is 45.6 Å². The highest BCUT2D eigenvalue weighted by Crippen LogP contribution is 2.20. The Morgan fingerprint density at radius 2 is 1.74 bits per heavy atom. The molecule has 0 radical (unpaired) electrons. The van der Waals surface area contributed by atoms with E-state index in [1.54, 1.807) is 6.07 Å². The van der Waals surface area contributed by atoms with Crippen LogP contribution in [0.1, 0.15) is 36.5 Å². The van der Waals surface area contributed by atoms with E-state index in [0.717, 1.165) is 17.5 Å². The standard InChI is InChI=1S/C20H24O3/c1-3-4-8-16-10-12-17(13-11-16)14-19(20(21)22)23-18-9-6-5-7-15(18)2/h5-7,9-13,19H,3-4,8,14H2,1-2H3,(H,21,22)/t19-/m0/s1. The lowest BCUT2D eigenvalue weighted by molar-refractivity contribution is -0.145. The molecule has 0 aliphatic carbocycles. The maximum atomic E-state index is 11.5. The predicted octanol–water partition coefficient (Wildman–Crippen LogP) is 4.41. The van der Waals surface area contributed by atoms with E-state index < -0.39 is 12.1 Å². The maximum Gasteiger partial charge on any atom is 0.345 e. The number of ether oxygens (including phenoxy) is 1. The number of carboxylic acids is 1. The molecule has 1 atom stereocenters. The molecule has 0 heterocycles. The molecule has 0 aliphatic rings. The molecule has 3 heteroatoms. The first-order chi connectivity index (χ1) is 11.1.